The SMILES string of the molecule is O=C1c2ccccc2C(=O)C(C2CCC(c3ccc(Cl)cc3)CC2)C1OCC1CCC(C[P+](c2ccccc2)(c2ccccc2)c2ccccc2)CC1. The molecule has 2 saturated carbocycles. The predicted octanol–water partition coefficient (Wildman–Crippen LogP) is 10.5. The van der Waals surface area contributed by atoms with Gasteiger partial charge in [-0.05, 0) is 129 Å². The largest absolute Gasteiger partial charge is 0.369 e. The predicted molar refractivity (Wildman–Crippen MR) is 220 cm³/mol. The third kappa shape index (κ3) is 7.46. The minimum atomic E-state index is -1.89. The van der Waals surface area contributed by atoms with E-state index in [1.807, 2.05) is 36.4 Å². The molecule has 0 aliphatic heterocycles. The first kappa shape index (κ1) is 36.1. The Balaban J connectivity index is 0.972. The van der Waals surface area contributed by atoms with Gasteiger partial charge in [0, 0.05) is 16.1 Å². The second-order valence-electron chi connectivity index (χ2n) is 15.6. The zero-order chi connectivity index (χ0) is 36.2. The molecule has 0 N–H and O–H groups in total. The lowest BCUT2D eigenvalue weighted by atomic mass is 9.66. The van der Waals surface area contributed by atoms with Crippen molar-refractivity contribution >= 4 is 46.3 Å². The lowest BCUT2D eigenvalue weighted by Gasteiger charge is -2.40. The molecule has 0 amide bonds. The molecule has 0 heterocycles. The van der Waals surface area contributed by atoms with E-state index in [0.29, 0.717) is 35.5 Å². The normalized spacial score (nSPS) is 24.8. The van der Waals surface area contributed by atoms with Gasteiger partial charge < -0.3 is 4.74 Å². The van der Waals surface area contributed by atoms with Gasteiger partial charge in [0.05, 0.1) is 18.7 Å². The quantitative estimate of drug-likeness (QED) is 0.134. The highest BCUT2D eigenvalue weighted by Crippen LogP contribution is 2.58. The first-order valence-electron chi connectivity index (χ1n) is 19.6. The van der Waals surface area contributed by atoms with Crippen molar-refractivity contribution in [3.05, 3.63) is 161 Å². The van der Waals surface area contributed by atoms with Gasteiger partial charge in [-0.2, -0.15) is 0 Å². The Morgan fingerprint density at radius 1 is 0.528 bits per heavy atom. The lowest BCUT2D eigenvalue weighted by Crippen LogP contribution is -2.47. The molecule has 2 unspecified atom stereocenters. The van der Waals surface area contributed by atoms with Gasteiger partial charge in [0.1, 0.15) is 29.3 Å². The molecule has 270 valence electrons. The van der Waals surface area contributed by atoms with Crippen LogP contribution in [0.1, 0.15) is 83.6 Å². The standard InChI is InChI=1S/C48H49ClO3P/c49-39-30-28-37(29-31-39)36-24-26-38(27-25-36)45-46(50)43-18-10-11-19-44(43)47(51)48(45)52-32-34-20-22-35(23-21-34)33-53(40-12-4-1-5-13-40,41-14-6-2-7-15-41)42-16-8-3-9-17-42/h1-19,28-31,34-36,38,45,48H,20-27,32-33H2/q+1. The summed E-state index contributed by atoms with van der Waals surface area (Å²) in [4.78, 5) is 28.3. The highest BCUT2D eigenvalue weighted by atomic mass is 35.5. The molecule has 2 atom stereocenters. The molecule has 8 rings (SSSR count). The summed E-state index contributed by atoms with van der Waals surface area (Å²) in [5.41, 5.74) is 2.41. The maximum Gasteiger partial charge on any atom is 0.193 e. The molecule has 0 radical (unpaired) electrons. The van der Waals surface area contributed by atoms with Crippen molar-refractivity contribution in [3.8, 4) is 0 Å². The van der Waals surface area contributed by atoms with Crippen molar-refractivity contribution in [1.82, 2.24) is 0 Å². The van der Waals surface area contributed by atoms with Crippen LogP contribution in [-0.4, -0.2) is 30.4 Å². The second-order valence-corrected chi connectivity index (χ2v) is 19.6. The summed E-state index contributed by atoms with van der Waals surface area (Å²) < 4.78 is 6.72. The van der Waals surface area contributed by atoms with Crippen LogP contribution < -0.4 is 15.9 Å². The average Bonchev–Trinajstić information content (AvgIpc) is 3.22. The number of carbonyl (C=O) groups excluding carboxylic acids is 2. The Morgan fingerprint density at radius 3 is 1.53 bits per heavy atom. The molecular weight excluding hydrogens is 691 g/mol. The number of ketones is 2. The summed E-state index contributed by atoms with van der Waals surface area (Å²) in [5.74, 6) is 1.21. The zero-order valence-corrected chi connectivity index (χ0v) is 32.0. The average molecular weight is 740 g/mol. The van der Waals surface area contributed by atoms with Crippen LogP contribution in [0.3, 0.4) is 0 Å². The van der Waals surface area contributed by atoms with Gasteiger partial charge >= 0.3 is 0 Å². The molecule has 2 fully saturated rings. The molecule has 53 heavy (non-hydrogen) atoms. The van der Waals surface area contributed by atoms with Crippen LogP contribution in [-0.2, 0) is 4.74 Å². The molecule has 0 spiro atoms. The van der Waals surface area contributed by atoms with Crippen molar-refractivity contribution in [2.24, 2.45) is 23.7 Å². The maximum absolute atomic E-state index is 14.2. The van der Waals surface area contributed by atoms with Crippen LogP contribution in [0.5, 0.6) is 0 Å². The van der Waals surface area contributed by atoms with Crippen LogP contribution in [0, 0.1) is 23.7 Å². The minimum Gasteiger partial charge on any atom is -0.369 e. The second kappa shape index (κ2) is 16.2. The van der Waals surface area contributed by atoms with Crippen LogP contribution in [0.25, 0.3) is 0 Å². The smallest absolute Gasteiger partial charge is 0.193 e. The number of halogens is 1. The Labute approximate surface area is 320 Å². The zero-order valence-electron chi connectivity index (χ0n) is 30.4. The Hall–Kier alpha value is -3.88. The number of rotatable bonds is 10. The summed E-state index contributed by atoms with van der Waals surface area (Å²) in [7, 11) is -1.89. The lowest BCUT2D eigenvalue weighted by molar-refractivity contribution is -0.0190. The number of benzene rings is 5. The van der Waals surface area contributed by atoms with Crippen molar-refractivity contribution in [2.45, 2.75) is 63.4 Å². The first-order chi connectivity index (χ1) is 26.0. The van der Waals surface area contributed by atoms with E-state index >= 15 is 0 Å². The Kier molecular flexibility index (Phi) is 11.1. The molecule has 0 bridgehead atoms. The van der Waals surface area contributed by atoms with Gasteiger partial charge in [0.2, 0.25) is 0 Å². The van der Waals surface area contributed by atoms with Gasteiger partial charge in [0.25, 0.3) is 0 Å². The number of hydrogen-bond donors (Lipinski definition) is 0. The summed E-state index contributed by atoms with van der Waals surface area (Å²) >= 11 is 6.17. The molecule has 3 aliphatic rings. The summed E-state index contributed by atoms with van der Waals surface area (Å²) in [6.45, 7) is 0.533. The number of fused-ring (bicyclic) bond motifs is 1. The Bertz CT molecular complexity index is 1890. The van der Waals surface area contributed by atoms with Crippen molar-refractivity contribution < 1.29 is 14.3 Å². The van der Waals surface area contributed by atoms with Crippen molar-refractivity contribution in [2.75, 3.05) is 12.8 Å². The van der Waals surface area contributed by atoms with E-state index < -0.39 is 19.3 Å². The highest BCUT2D eigenvalue weighted by Gasteiger charge is 2.49. The maximum atomic E-state index is 14.2. The van der Waals surface area contributed by atoms with Gasteiger partial charge in [-0.15, -0.1) is 0 Å². The van der Waals surface area contributed by atoms with E-state index in [-0.39, 0.29) is 17.5 Å². The third-order valence-corrected chi connectivity index (χ3v) is 17.4. The molecule has 5 aromatic rings. The van der Waals surface area contributed by atoms with Gasteiger partial charge in [0.15, 0.2) is 11.6 Å². The van der Waals surface area contributed by atoms with Crippen LogP contribution in [0.15, 0.2) is 140 Å². The van der Waals surface area contributed by atoms with Gasteiger partial charge in [-0.3, -0.25) is 9.59 Å². The first-order valence-corrected chi connectivity index (χ1v) is 22.0. The molecular formula is C48H49ClO3P+. The molecule has 5 heteroatoms. The molecule has 0 saturated heterocycles. The molecule has 5 aromatic carbocycles. The monoisotopic (exact) mass is 739 g/mol. The van der Waals surface area contributed by atoms with Gasteiger partial charge in [-0.1, -0.05) is 103 Å². The van der Waals surface area contributed by atoms with E-state index in [0.717, 1.165) is 62.6 Å². The topological polar surface area (TPSA) is 43.4 Å². The van der Waals surface area contributed by atoms with Crippen molar-refractivity contribution in [1.29, 1.82) is 0 Å². The van der Waals surface area contributed by atoms with Crippen LogP contribution in [0.4, 0.5) is 0 Å². The fourth-order valence-corrected chi connectivity index (χ4v) is 14.6. The van der Waals surface area contributed by atoms with Crippen LogP contribution >= 0.6 is 18.9 Å². The fourth-order valence-electron chi connectivity index (χ4n) is 9.75. The van der Waals surface area contributed by atoms with E-state index in [1.165, 1.54) is 21.5 Å². The van der Waals surface area contributed by atoms with E-state index in [2.05, 4.69) is 103 Å². The Morgan fingerprint density at radius 2 is 1.00 bits per heavy atom. The summed E-state index contributed by atoms with van der Waals surface area (Å²) in [6.07, 6.45) is 8.70. The molecule has 3 nitrogen and oxygen atoms in total. The minimum absolute atomic E-state index is 0.0122. The number of hydrogen-bond acceptors (Lipinski definition) is 3. The fraction of sp³-hybridized carbons (Fsp3) is 0.333. The van der Waals surface area contributed by atoms with E-state index in [9.17, 15) is 9.59 Å². The number of Topliss-reactive ketones (excluding diaryl/α,β-unsaturated/α-hetero) is 2. The summed E-state index contributed by atoms with van der Waals surface area (Å²) in [6, 6.07) is 49.2. The van der Waals surface area contributed by atoms with E-state index in [4.69, 9.17) is 16.3 Å². The highest BCUT2D eigenvalue weighted by molar-refractivity contribution is 7.95. The van der Waals surface area contributed by atoms with Crippen molar-refractivity contribution in [3.63, 3.8) is 0 Å². The number of ether oxygens (including phenoxy) is 1. The summed E-state index contributed by atoms with van der Waals surface area (Å²) in [5, 5.41) is 5.08. The number of carbonyl (C=O) groups is 2. The van der Waals surface area contributed by atoms with Crippen LogP contribution in [0.2, 0.25) is 5.02 Å². The third-order valence-electron chi connectivity index (χ3n) is 12.6. The van der Waals surface area contributed by atoms with E-state index in [1.54, 1.807) is 0 Å². The molecule has 3 aliphatic carbocycles. The molecule has 0 aromatic heterocycles. The van der Waals surface area contributed by atoms with Gasteiger partial charge in [-0.25, -0.2) is 0 Å².